The second-order valence-corrected chi connectivity index (χ2v) is 6.43. The zero-order chi connectivity index (χ0) is 16.4. The van der Waals surface area contributed by atoms with Crippen molar-refractivity contribution >= 4 is 5.91 Å². The van der Waals surface area contributed by atoms with Crippen LogP contribution in [0.3, 0.4) is 0 Å². The molecule has 1 atom stereocenters. The molecule has 0 aromatic carbocycles. The molecule has 1 aliphatic heterocycles. The molecule has 2 aromatic rings. The monoisotopic (exact) mass is 314 g/mol. The highest BCUT2D eigenvalue weighted by Gasteiger charge is 2.29. The van der Waals surface area contributed by atoms with Crippen LogP contribution in [0.1, 0.15) is 44.0 Å². The summed E-state index contributed by atoms with van der Waals surface area (Å²) in [5, 5.41) is 3.95. The molecular weight excluding hydrogens is 292 g/mol. The van der Waals surface area contributed by atoms with E-state index in [1.165, 1.54) is 0 Å². The van der Waals surface area contributed by atoms with E-state index in [2.05, 4.69) is 15.1 Å². The fraction of sp³-hybridized carbons (Fsp3) is 0.529. The lowest BCUT2D eigenvalue weighted by molar-refractivity contribution is -0.135. The van der Waals surface area contributed by atoms with E-state index in [-0.39, 0.29) is 17.7 Å². The predicted octanol–water partition coefficient (Wildman–Crippen LogP) is 2.80. The number of nitrogens with zero attached hydrogens (tertiary/aromatic N) is 4. The summed E-state index contributed by atoms with van der Waals surface area (Å²) in [6.45, 7) is 7.31. The van der Waals surface area contributed by atoms with Gasteiger partial charge >= 0.3 is 0 Å². The summed E-state index contributed by atoms with van der Waals surface area (Å²) in [5.74, 6) is 1.12. The number of likely N-dealkylation sites (tertiary alicyclic amines) is 1. The third kappa shape index (κ3) is 3.25. The summed E-state index contributed by atoms with van der Waals surface area (Å²) >= 11 is 0. The van der Waals surface area contributed by atoms with Gasteiger partial charge < -0.3 is 9.42 Å². The average Bonchev–Trinajstić information content (AvgIpc) is 3.00. The third-order valence-electron chi connectivity index (χ3n) is 4.25. The zero-order valence-electron chi connectivity index (χ0n) is 13.8. The van der Waals surface area contributed by atoms with Crippen molar-refractivity contribution in [2.45, 2.75) is 39.5 Å². The molecule has 0 unspecified atom stereocenters. The van der Waals surface area contributed by atoms with Crippen LogP contribution in [0.5, 0.6) is 0 Å². The smallest absolute Gasteiger partial charge is 0.225 e. The molecule has 6 heteroatoms. The van der Waals surface area contributed by atoms with Gasteiger partial charge in [0, 0.05) is 37.2 Å². The Morgan fingerprint density at radius 3 is 2.96 bits per heavy atom. The number of rotatable bonds is 3. The molecular formula is C17H22N4O2. The molecule has 0 aliphatic carbocycles. The molecule has 0 N–H and O–H groups in total. The van der Waals surface area contributed by atoms with Gasteiger partial charge in [0.25, 0.3) is 0 Å². The Hall–Kier alpha value is -2.24. The van der Waals surface area contributed by atoms with E-state index < -0.39 is 0 Å². The standard InChI is InChI=1S/C17H22N4O2/c1-11(2)17(22)21-6-4-5-13(9-21)16-14(8-18-10-19-16)15-7-12(3)20-23-15/h7-8,10-11,13H,4-6,9H2,1-3H3/t13-/m1/s1. The minimum absolute atomic E-state index is 0.0237. The Morgan fingerprint density at radius 1 is 1.43 bits per heavy atom. The van der Waals surface area contributed by atoms with Gasteiger partial charge in [-0.05, 0) is 19.8 Å². The van der Waals surface area contributed by atoms with E-state index in [9.17, 15) is 4.79 Å². The van der Waals surface area contributed by atoms with E-state index in [0.29, 0.717) is 12.3 Å². The van der Waals surface area contributed by atoms with Crippen LogP contribution in [0.15, 0.2) is 23.1 Å². The molecule has 122 valence electrons. The number of hydrogen-bond acceptors (Lipinski definition) is 5. The van der Waals surface area contributed by atoms with E-state index in [1.807, 2.05) is 31.7 Å². The fourth-order valence-electron chi connectivity index (χ4n) is 3.11. The lowest BCUT2D eigenvalue weighted by Gasteiger charge is -2.34. The van der Waals surface area contributed by atoms with Crippen molar-refractivity contribution in [2.75, 3.05) is 13.1 Å². The van der Waals surface area contributed by atoms with Gasteiger partial charge in [-0.25, -0.2) is 9.97 Å². The molecule has 23 heavy (non-hydrogen) atoms. The minimum Gasteiger partial charge on any atom is -0.356 e. The Kier molecular flexibility index (Phi) is 4.41. The van der Waals surface area contributed by atoms with Crippen molar-refractivity contribution in [1.29, 1.82) is 0 Å². The van der Waals surface area contributed by atoms with Gasteiger partial charge in [-0.2, -0.15) is 0 Å². The highest BCUT2D eigenvalue weighted by Crippen LogP contribution is 2.33. The molecule has 6 nitrogen and oxygen atoms in total. The summed E-state index contributed by atoms with van der Waals surface area (Å²) in [6, 6.07) is 1.89. The first-order chi connectivity index (χ1) is 11.1. The largest absolute Gasteiger partial charge is 0.356 e. The normalized spacial score (nSPS) is 18.4. The van der Waals surface area contributed by atoms with Gasteiger partial charge in [0.05, 0.1) is 17.0 Å². The number of piperidine rings is 1. The van der Waals surface area contributed by atoms with Crippen molar-refractivity contribution in [3.8, 4) is 11.3 Å². The van der Waals surface area contributed by atoms with Crippen LogP contribution in [0.2, 0.25) is 0 Å². The average molecular weight is 314 g/mol. The SMILES string of the molecule is Cc1cc(-c2cncnc2[C@@H]2CCCN(C(=O)C(C)C)C2)on1. The van der Waals surface area contributed by atoms with Crippen LogP contribution in [0, 0.1) is 12.8 Å². The maximum Gasteiger partial charge on any atom is 0.225 e. The Morgan fingerprint density at radius 2 is 2.26 bits per heavy atom. The lowest BCUT2D eigenvalue weighted by atomic mass is 9.91. The third-order valence-corrected chi connectivity index (χ3v) is 4.25. The van der Waals surface area contributed by atoms with Crippen molar-refractivity contribution in [3.63, 3.8) is 0 Å². The Bertz CT molecular complexity index is 695. The molecule has 3 rings (SSSR count). The quantitative estimate of drug-likeness (QED) is 0.871. The van der Waals surface area contributed by atoms with Crippen molar-refractivity contribution in [3.05, 3.63) is 30.0 Å². The van der Waals surface area contributed by atoms with Crippen molar-refractivity contribution < 1.29 is 9.32 Å². The fourth-order valence-corrected chi connectivity index (χ4v) is 3.11. The predicted molar refractivity (Wildman–Crippen MR) is 85.7 cm³/mol. The van der Waals surface area contributed by atoms with Gasteiger partial charge in [0.1, 0.15) is 6.33 Å². The molecule has 2 aromatic heterocycles. The van der Waals surface area contributed by atoms with Gasteiger partial charge in [0.15, 0.2) is 5.76 Å². The summed E-state index contributed by atoms with van der Waals surface area (Å²) in [5.41, 5.74) is 2.64. The van der Waals surface area contributed by atoms with Crippen LogP contribution in [-0.2, 0) is 4.79 Å². The maximum atomic E-state index is 12.3. The second kappa shape index (κ2) is 6.48. The molecule has 0 bridgehead atoms. The number of aromatic nitrogens is 3. The summed E-state index contributed by atoms with van der Waals surface area (Å²) in [7, 11) is 0. The Balaban J connectivity index is 1.88. The van der Waals surface area contributed by atoms with Gasteiger partial charge in [-0.15, -0.1) is 0 Å². The van der Waals surface area contributed by atoms with E-state index in [0.717, 1.165) is 36.3 Å². The van der Waals surface area contributed by atoms with Crippen LogP contribution in [0.4, 0.5) is 0 Å². The van der Waals surface area contributed by atoms with Crippen LogP contribution < -0.4 is 0 Å². The first-order valence-corrected chi connectivity index (χ1v) is 8.08. The molecule has 1 amide bonds. The van der Waals surface area contributed by atoms with Gasteiger partial charge in [-0.1, -0.05) is 19.0 Å². The summed E-state index contributed by atoms with van der Waals surface area (Å²) in [6.07, 6.45) is 5.33. The molecule has 0 spiro atoms. The van der Waals surface area contributed by atoms with Crippen molar-refractivity contribution in [2.24, 2.45) is 5.92 Å². The highest BCUT2D eigenvalue weighted by atomic mass is 16.5. The lowest BCUT2D eigenvalue weighted by Crippen LogP contribution is -2.41. The first-order valence-electron chi connectivity index (χ1n) is 8.08. The molecule has 0 saturated carbocycles. The molecule has 1 saturated heterocycles. The van der Waals surface area contributed by atoms with Crippen molar-refractivity contribution in [1.82, 2.24) is 20.0 Å². The second-order valence-electron chi connectivity index (χ2n) is 6.43. The Labute approximate surface area is 135 Å². The number of carbonyl (C=O) groups is 1. The van der Waals surface area contributed by atoms with E-state index >= 15 is 0 Å². The molecule has 0 radical (unpaired) electrons. The van der Waals surface area contributed by atoms with Crippen LogP contribution in [0.25, 0.3) is 11.3 Å². The number of amides is 1. The first kappa shape index (κ1) is 15.6. The number of hydrogen-bond donors (Lipinski definition) is 0. The summed E-state index contributed by atoms with van der Waals surface area (Å²) < 4.78 is 5.38. The van der Waals surface area contributed by atoms with E-state index in [4.69, 9.17) is 4.52 Å². The van der Waals surface area contributed by atoms with E-state index in [1.54, 1.807) is 12.5 Å². The number of carbonyl (C=O) groups excluding carboxylic acids is 1. The van der Waals surface area contributed by atoms with Crippen LogP contribution in [-0.4, -0.2) is 39.0 Å². The number of aryl methyl sites for hydroxylation is 1. The molecule has 1 aliphatic rings. The topological polar surface area (TPSA) is 72.1 Å². The zero-order valence-corrected chi connectivity index (χ0v) is 13.8. The van der Waals surface area contributed by atoms with Gasteiger partial charge in [-0.3, -0.25) is 4.79 Å². The molecule has 1 fully saturated rings. The summed E-state index contributed by atoms with van der Waals surface area (Å²) in [4.78, 5) is 22.9. The molecule has 3 heterocycles. The van der Waals surface area contributed by atoms with Gasteiger partial charge in [0.2, 0.25) is 5.91 Å². The van der Waals surface area contributed by atoms with Crippen LogP contribution >= 0.6 is 0 Å². The minimum atomic E-state index is 0.0237. The maximum absolute atomic E-state index is 12.3. The highest BCUT2D eigenvalue weighted by molar-refractivity contribution is 5.78.